The molecule has 6 nitrogen and oxygen atoms in total. The number of amides is 3. The summed E-state index contributed by atoms with van der Waals surface area (Å²) < 4.78 is 2.29. The lowest BCUT2D eigenvalue weighted by Crippen LogP contribution is -2.44. The van der Waals surface area contributed by atoms with Gasteiger partial charge >= 0.3 is 6.03 Å². The summed E-state index contributed by atoms with van der Waals surface area (Å²) in [6.45, 7) is 1.58. The number of aromatic nitrogens is 1. The minimum atomic E-state index is -0.382. The molecule has 1 aromatic heterocycles. The lowest BCUT2D eigenvalue weighted by molar-refractivity contribution is -0.117. The quantitative estimate of drug-likeness (QED) is 0.552. The molecule has 0 atom stereocenters. The highest BCUT2D eigenvalue weighted by Crippen LogP contribution is 2.30. The zero-order valence-electron chi connectivity index (χ0n) is 14.4. The largest absolute Gasteiger partial charge is 0.346 e. The molecule has 0 radical (unpaired) electrons. The van der Waals surface area contributed by atoms with Crippen LogP contribution in [0.5, 0.6) is 0 Å². The monoisotopic (exact) mass is 492 g/mol. The molecule has 0 bridgehead atoms. The van der Waals surface area contributed by atoms with Crippen molar-refractivity contribution in [1.82, 2.24) is 10.3 Å². The molecule has 1 fully saturated rings. The summed E-state index contributed by atoms with van der Waals surface area (Å²) in [4.78, 5) is 33.3. The first-order valence-corrected chi connectivity index (χ1v) is 10.5. The Morgan fingerprint density at radius 2 is 1.89 bits per heavy atom. The lowest BCUT2D eigenvalue weighted by atomic mass is 10.2. The number of nitrogens with zero attached hydrogens (tertiary/aromatic N) is 3. The normalized spacial score (nSPS) is 16.0. The number of carbonyl (C=O) groups excluding carboxylic acids is 2. The summed E-state index contributed by atoms with van der Waals surface area (Å²) in [5.74, 6) is -0.221. The number of rotatable bonds is 2. The van der Waals surface area contributed by atoms with Crippen molar-refractivity contribution in [2.24, 2.45) is 0 Å². The average Bonchev–Trinajstić information content (AvgIpc) is 3.09. The zero-order valence-corrected chi connectivity index (χ0v) is 17.4. The van der Waals surface area contributed by atoms with Crippen molar-refractivity contribution in [2.75, 3.05) is 29.4 Å². The number of halogens is 1. The van der Waals surface area contributed by atoms with Crippen LogP contribution < -0.4 is 15.1 Å². The number of nitrogens with one attached hydrogen (secondary N) is 1. The molecule has 3 amide bonds. The van der Waals surface area contributed by atoms with Crippen LogP contribution in [-0.4, -0.2) is 36.6 Å². The number of thiazole rings is 1. The number of hydrogen-bond donors (Lipinski definition) is 1. The van der Waals surface area contributed by atoms with Gasteiger partial charge in [-0.25, -0.2) is 14.7 Å². The number of hydrogen-bond acceptors (Lipinski definition) is 5. The average molecular weight is 492 g/mol. The Hall–Kier alpha value is -2.20. The van der Waals surface area contributed by atoms with Crippen LogP contribution in [0.3, 0.4) is 0 Å². The number of fused-ring (bicyclic) bond motifs is 1. The van der Waals surface area contributed by atoms with Crippen LogP contribution in [0.4, 0.5) is 15.6 Å². The Morgan fingerprint density at radius 3 is 2.70 bits per heavy atom. The lowest BCUT2D eigenvalue weighted by Gasteiger charge is -2.20. The van der Waals surface area contributed by atoms with Gasteiger partial charge < -0.3 is 10.2 Å². The maximum atomic E-state index is 12.7. The van der Waals surface area contributed by atoms with Crippen molar-refractivity contribution in [3.63, 3.8) is 0 Å². The molecule has 0 aliphatic carbocycles. The molecule has 8 heteroatoms. The summed E-state index contributed by atoms with van der Waals surface area (Å²) in [7, 11) is 0. The van der Waals surface area contributed by atoms with Gasteiger partial charge in [-0.2, -0.15) is 0 Å². The minimum Gasteiger partial charge on any atom is -0.346 e. The molecule has 1 aliphatic heterocycles. The van der Waals surface area contributed by atoms with E-state index in [9.17, 15) is 9.59 Å². The number of carbonyl (C=O) groups is 2. The third-order valence-corrected chi connectivity index (χ3v) is 6.08. The third-order valence-electron chi connectivity index (χ3n) is 4.33. The van der Waals surface area contributed by atoms with E-state index < -0.39 is 0 Å². The van der Waals surface area contributed by atoms with Gasteiger partial charge in [0.25, 0.3) is 0 Å². The van der Waals surface area contributed by atoms with Gasteiger partial charge in [-0.05, 0) is 52.9 Å². The molecule has 1 N–H and O–H groups in total. The minimum absolute atomic E-state index is 0.221. The number of benzene rings is 2. The summed E-state index contributed by atoms with van der Waals surface area (Å²) in [6.07, 6.45) is 0.246. The van der Waals surface area contributed by atoms with Gasteiger partial charge in [0.05, 0.1) is 15.9 Å². The fraction of sp³-hybridized carbons (Fsp3) is 0.211. The van der Waals surface area contributed by atoms with Crippen molar-refractivity contribution in [3.05, 3.63) is 52.1 Å². The number of urea groups is 1. The molecular formula is C19H17IN4O2S. The van der Waals surface area contributed by atoms with Crippen molar-refractivity contribution < 1.29 is 9.59 Å². The molecule has 1 aliphatic rings. The first-order chi connectivity index (χ1) is 13.1. The van der Waals surface area contributed by atoms with Gasteiger partial charge in [-0.3, -0.25) is 4.79 Å². The zero-order chi connectivity index (χ0) is 18.8. The van der Waals surface area contributed by atoms with Gasteiger partial charge in [0.2, 0.25) is 5.91 Å². The van der Waals surface area contributed by atoms with Crippen LogP contribution in [0.15, 0.2) is 48.5 Å². The Labute approximate surface area is 174 Å². The van der Waals surface area contributed by atoms with E-state index in [1.165, 1.54) is 8.47 Å². The van der Waals surface area contributed by atoms with E-state index in [0.29, 0.717) is 25.3 Å². The van der Waals surface area contributed by atoms with Gasteiger partial charge in [0, 0.05) is 29.6 Å². The Bertz CT molecular complexity index is 992. The van der Waals surface area contributed by atoms with E-state index in [1.54, 1.807) is 23.5 Å². The van der Waals surface area contributed by atoms with E-state index in [-0.39, 0.29) is 18.4 Å². The maximum absolute atomic E-state index is 12.7. The van der Waals surface area contributed by atoms with Crippen LogP contribution in [0.2, 0.25) is 0 Å². The highest BCUT2D eigenvalue weighted by atomic mass is 127. The van der Waals surface area contributed by atoms with Crippen LogP contribution in [0.1, 0.15) is 6.42 Å². The molecule has 138 valence electrons. The Morgan fingerprint density at radius 1 is 1.07 bits per heavy atom. The van der Waals surface area contributed by atoms with E-state index in [4.69, 9.17) is 4.98 Å². The molecular weight excluding hydrogens is 475 g/mol. The summed E-state index contributed by atoms with van der Waals surface area (Å²) >= 11 is 3.90. The van der Waals surface area contributed by atoms with Gasteiger partial charge in [-0.15, -0.1) is 0 Å². The van der Waals surface area contributed by atoms with Crippen molar-refractivity contribution in [3.8, 4) is 0 Å². The SMILES string of the molecule is O=C1CCN(c2nc3ccc(I)cc3s2)CCNC(=O)N1c1ccccc1. The first-order valence-electron chi connectivity index (χ1n) is 8.59. The molecule has 0 unspecified atom stereocenters. The maximum Gasteiger partial charge on any atom is 0.328 e. The van der Waals surface area contributed by atoms with Crippen LogP contribution >= 0.6 is 33.9 Å². The second-order valence-electron chi connectivity index (χ2n) is 6.14. The number of imide groups is 1. The highest BCUT2D eigenvalue weighted by Gasteiger charge is 2.26. The smallest absolute Gasteiger partial charge is 0.328 e. The van der Waals surface area contributed by atoms with Crippen molar-refractivity contribution >= 4 is 66.9 Å². The summed E-state index contributed by atoms with van der Waals surface area (Å²) in [5, 5.41) is 3.72. The highest BCUT2D eigenvalue weighted by molar-refractivity contribution is 14.1. The second kappa shape index (κ2) is 7.81. The summed E-state index contributed by atoms with van der Waals surface area (Å²) in [5.41, 5.74) is 1.54. The standard InChI is InChI=1S/C19H17IN4O2S/c20-13-6-7-15-16(12-13)27-19(22-15)23-10-8-17(25)24(18(26)21-9-11-23)14-4-2-1-3-5-14/h1-7,12H,8-11H2,(H,21,26). The van der Waals surface area contributed by atoms with Crippen LogP contribution in [0.25, 0.3) is 10.2 Å². The van der Waals surface area contributed by atoms with Crippen LogP contribution in [0, 0.1) is 3.57 Å². The molecule has 0 saturated carbocycles. The van der Waals surface area contributed by atoms with Crippen LogP contribution in [-0.2, 0) is 4.79 Å². The van der Waals surface area contributed by atoms with Gasteiger partial charge in [0.1, 0.15) is 0 Å². The first kappa shape index (κ1) is 18.2. The molecule has 1 saturated heterocycles. The predicted octanol–water partition coefficient (Wildman–Crippen LogP) is 3.85. The van der Waals surface area contributed by atoms with E-state index >= 15 is 0 Å². The Balaban J connectivity index is 1.58. The topological polar surface area (TPSA) is 65.5 Å². The fourth-order valence-electron chi connectivity index (χ4n) is 3.00. The number of anilines is 2. The predicted molar refractivity (Wildman–Crippen MR) is 116 cm³/mol. The fourth-order valence-corrected chi connectivity index (χ4v) is 4.75. The molecule has 2 aromatic carbocycles. The summed E-state index contributed by atoms with van der Waals surface area (Å²) in [6, 6.07) is 14.8. The molecule has 3 aromatic rings. The van der Waals surface area contributed by atoms with E-state index in [2.05, 4.69) is 38.9 Å². The Kier molecular flexibility index (Phi) is 5.26. The van der Waals surface area contributed by atoms with Crippen molar-refractivity contribution in [1.29, 1.82) is 0 Å². The molecule has 4 rings (SSSR count). The van der Waals surface area contributed by atoms with Gasteiger partial charge in [-0.1, -0.05) is 29.5 Å². The third kappa shape index (κ3) is 3.91. The second-order valence-corrected chi connectivity index (χ2v) is 8.40. The van der Waals surface area contributed by atoms with Gasteiger partial charge in [0.15, 0.2) is 5.13 Å². The molecule has 2 heterocycles. The molecule has 0 spiro atoms. The number of para-hydroxylation sites is 1. The van der Waals surface area contributed by atoms with E-state index in [0.717, 1.165) is 15.3 Å². The van der Waals surface area contributed by atoms with Crippen molar-refractivity contribution in [2.45, 2.75) is 6.42 Å². The van der Waals surface area contributed by atoms with E-state index in [1.807, 2.05) is 30.3 Å². The molecule has 27 heavy (non-hydrogen) atoms.